The van der Waals surface area contributed by atoms with Crippen molar-refractivity contribution in [1.29, 1.82) is 0 Å². The van der Waals surface area contributed by atoms with Crippen LogP contribution in [-0.4, -0.2) is 36.3 Å². The lowest BCUT2D eigenvalue weighted by molar-refractivity contribution is 0.0765. The molecule has 0 aromatic carbocycles. The van der Waals surface area contributed by atoms with E-state index in [9.17, 15) is 0 Å². The van der Waals surface area contributed by atoms with Gasteiger partial charge in [-0.2, -0.15) is 4.98 Å². The smallest absolute Gasteiger partial charge is 0.226 e. The van der Waals surface area contributed by atoms with Gasteiger partial charge in [0.2, 0.25) is 11.8 Å². The lowest BCUT2D eigenvalue weighted by Gasteiger charge is -2.09. The summed E-state index contributed by atoms with van der Waals surface area (Å²) >= 11 is 0. The molecular formula is C13H23N3O2. The molecule has 0 unspecified atom stereocenters. The number of ether oxygens (including phenoxy) is 2. The van der Waals surface area contributed by atoms with Crippen LogP contribution in [0.15, 0.2) is 6.07 Å². The number of rotatable bonds is 8. The minimum Gasteiger partial charge on any atom is -0.481 e. The number of methoxy groups -OCH3 is 1. The number of anilines is 1. The van der Waals surface area contributed by atoms with E-state index in [-0.39, 0.29) is 0 Å². The minimum absolute atomic E-state index is 0.308. The summed E-state index contributed by atoms with van der Waals surface area (Å²) in [6.07, 6.45) is 2.38. The number of hydrogen-bond donors (Lipinski definition) is 1. The molecule has 0 radical (unpaired) electrons. The summed E-state index contributed by atoms with van der Waals surface area (Å²) in [6.45, 7) is 7.66. The van der Waals surface area contributed by atoms with Crippen LogP contribution < -0.4 is 10.1 Å². The van der Waals surface area contributed by atoms with E-state index in [0.29, 0.717) is 17.9 Å². The molecule has 0 atom stereocenters. The van der Waals surface area contributed by atoms with Gasteiger partial charge in [0.25, 0.3) is 0 Å². The number of aryl methyl sites for hydroxylation is 1. The van der Waals surface area contributed by atoms with Crippen LogP contribution in [0.5, 0.6) is 5.88 Å². The Balaban J connectivity index is 2.24. The molecule has 0 fully saturated rings. The Hall–Kier alpha value is -1.36. The van der Waals surface area contributed by atoms with Crippen LogP contribution in [0.4, 0.5) is 5.95 Å². The second kappa shape index (κ2) is 7.87. The van der Waals surface area contributed by atoms with Gasteiger partial charge in [0.05, 0.1) is 13.2 Å². The summed E-state index contributed by atoms with van der Waals surface area (Å²) < 4.78 is 10.6. The van der Waals surface area contributed by atoms with Crippen molar-refractivity contribution in [3.8, 4) is 5.88 Å². The molecule has 0 aliphatic rings. The van der Waals surface area contributed by atoms with Crippen molar-refractivity contribution in [3.63, 3.8) is 0 Å². The van der Waals surface area contributed by atoms with Gasteiger partial charge in [0, 0.05) is 24.9 Å². The summed E-state index contributed by atoms with van der Waals surface area (Å²) in [7, 11) is 1.61. The molecule has 0 aliphatic heterocycles. The van der Waals surface area contributed by atoms with Gasteiger partial charge in [0.15, 0.2) is 0 Å². The van der Waals surface area contributed by atoms with Crippen LogP contribution in [0, 0.1) is 6.92 Å². The maximum absolute atomic E-state index is 5.47. The van der Waals surface area contributed by atoms with Crippen LogP contribution in [0.3, 0.4) is 0 Å². The lowest BCUT2D eigenvalue weighted by atomic mass is 10.3. The van der Waals surface area contributed by atoms with Gasteiger partial charge in [-0.3, -0.25) is 0 Å². The van der Waals surface area contributed by atoms with Crippen molar-refractivity contribution in [2.24, 2.45) is 0 Å². The first-order valence-corrected chi connectivity index (χ1v) is 6.37. The van der Waals surface area contributed by atoms with E-state index < -0.39 is 0 Å². The van der Waals surface area contributed by atoms with E-state index in [1.54, 1.807) is 7.11 Å². The molecule has 0 amide bonds. The van der Waals surface area contributed by atoms with Crippen molar-refractivity contribution in [3.05, 3.63) is 11.8 Å². The Kier molecular flexibility index (Phi) is 6.43. The summed E-state index contributed by atoms with van der Waals surface area (Å²) in [5.74, 6) is 1.21. The fourth-order valence-electron chi connectivity index (χ4n) is 1.47. The zero-order chi connectivity index (χ0) is 13.4. The van der Waals surface area contributed by atoms with Gasteiger partial charge < -0.3 is 14.8 Å². The fourth-order valence-corrected chi connectivity index (χ4v) is 1.47. The Bertz CT molecular complexity index is 356. The van der Waals surface area contributed by atoms with Gasteiger partial charge in [-0.1, -0.05) is 0 Å². The summed E-state index contributed by atoms with van der Waals surface area (Å²) in [5, 5.41) is 3.19. The molecule has 5 nitrogen and oxygen atoms in total. The normalized spacial score (nSPS) is 10.7. The highest BCUT2D eigenvalue weighted by atomic mass is 16.5. The zero-order valence-corrected chi connectivity index (χ0v) is 11.7. The van der Waals surface area contributed by atoms with Crippen LogP contribution in [-0.2, 0) is 4.74 Å². The monoisotopic (exact) mass is 253 g/mol. The number of hydrogen-bond acceptors (Lipinski definition) is 5. The first kappa shape index (κ1) is 14.7. The van der Waals surface area contributed by atoms with Crippen molar-refractivity contribution in [1.82, 2.24) is 9.97 Å². The van der Waals surface area contributed by atoms with E-state index >= 15 is 0 Å². The van der Waals surface area contributed by atoms with Crippen molar-refractivity contribution < 1.29 is 9.47 Å². The molecule has 0 spiro atoms. The summed E-state index contributed by atoms with van der Waals surface area (Å²) in [4.78, 5) is 8.52. The van der Waals surface area contributed by atoms with Gasteiger partial charge in [0.1, 0.15) is 0 Å². The number of unbranched alkanes of at least 4 members (excludes halogenated alkanes) is 1. The molecular weight excluding hydrogens is 230 g/mol. The third-order valence-electron chi connectivity index (χ3n) is 2.35. The Labute approximate surface area is 109 Å². The standard InChI is InChI=1S/C13H23N3O2/c1-10(2)18-8-6-5-7-14-13-15-11(3)9-12(16-13)17-4/h9-10H,5-8H2,1-4H3,(H,14,15,16). The zero-order valence-electron chi connectivity index (χ0n) is 11.7. The lowest BCUT2D eigenvalue weighted by Crippen LogP contribution is -2.09. The molecule has 1 heterocycles. The van der Waals surface area contributed by atoms with Gasteiger partial charge in [-0.25, -0.2) is 4.98 Å². The van der Waals surface area contributed by atoms with E-state index in [0.717, 1.165) is 31.7 Å². The Morgan fingerprint density at radius 3 is 2.72 bits per heavy atom. The average Bonchev–Trinajstić information content (AvgIpc) is 2.32. The van der Waals surface area contributed by atoms with Gasteiger partial charge in [-0.15, -0.1) is 0 Å². The maximum atomic E-state index is 5.47. The average molecular weight is 253 g/mol. The van der Waals surface area contributed by atoms with Crippen LogP contribution >= 0.6 is 0 Å². The predicted molar refractivity (Wildman–Crippen MR) is 72.1 cm³/mol. The molecule has 0 saturated heterocycles. The molecule has 102 valence electrons. The van der Waals surface area contributed by atoms with E-state index in [4.69, 9.17) is 9.47 Å². The largest absolute Gasteiger partial charge is 0.481 e. The third kappa shape index (κ3) is 5.82. The Morgan fingerprint density at radius 1 is 1.28 bits per heavy atom. The molecule has 1 rings (SSSR count). The van der Waals surface area contributed by atoms with Gasteiger partial charge in [-0.05, 0) is 33.6 Å². The van der Waals surface area contributed by atoms with Gasteiger partial charge >= 0.3 is 0 Å². The second-order valence-corrected chi connectivity index (χ2v) is 4.43. The van der Waals surface area contributed by atoms with E-state index in [1.165, 1.54) is 0 Å². The SMILES string of the molecule is COc1cc(C)nc(NCCCCOC(C)C)n1. The topological polar surface area (TPSA) is 56.3 Å². The summed E-state index contributed by atoms with van der Waals surface area (Å²) in [5.41, 5.74) is 0.896. The minimum atomic E-state index is 0.308. The molecule has 0 bridgehead atoms. The third-order valence-corrected chi connectivity index (χ3v) is 2.35. The van der Waals surface area contributed by atoms with Crippen LogP contribution in [0.25, 0.3) is 0 Å². The highest BCUT2D eigenvalue weighted by Crippen LogP contribution is 2.11. The summed E-state index contributed by atoms with van der Waals surface area (Å²) in [6, 6.07) is 1.81. The van der Waals surface area contributed by atoms with E-state index in [1.807, 2.05) is 26.8 Å². The highest BCUT2D eigenvalue weighted by Gasteiger charge is 2.01. The van der Waals surface area contributed by atoms with Crippen LogP contribution in [0.1, 0.15) is 32.4 Å². The van der Waals surface area contributed by atoms with Crippen LogP contribution in [0.2, 0.25) is 0 Å². The number of nitrogens with zero attached hydrogens (tertiary/aromatic N) is 2. The quantitative estimate of drug-likeness (QED) is 0.721. The molecule has 5 heteroatoms. The van der Waals surface area contributed by atoms with Crippen molar-refractivity contribution in [2.45, 2.75) is 39.7 Å². The number of nitrogens with one attached hydrogen (secondary N) is 1. The molecule has 0 saturated carbocycles. The van der Waals surface area contributed by atoms with E-state index in [2.05, 4.69) is 15.3 Å². The maximum Gasteiger partial charge on any atom is 0.226 e. The Morgan fingerprint density at radius 2 is 2.06 bits per heavy atom. The fraction of sp³-hybridized carbons (Fsp3) is 0.692. The predicted octanol–water partition coefficient (Wildman–Crippen LogP) is 2.41. The first-order chi connectivity index (χ1) is 8.61. The molecule has 0 aliphatic carbocycles. The number of aromatic nitrogens is 2. The first-order valence-electron chi connectivity index (χ1n) is 6.37. The highest BCUT2D eigenvalue weighted by molar-refractivity contribution is 5.30. The van der Waals surface area contributed by atoms with Crippen molar-refractivity contribution >= 4 is 5.95 Å². The molecule has 1 aromatic rings. The second-order valence-electron chi connectivity index (χ2n) is 4.43. The molecule has 1 aromatic heterocycles. The molecule has 1 N–H and O–H groups in total. The molecule has 18 heavy (non-hydrogen) atoms. The van der Waals surface area contributed by atoms with Crippen molar-refractivity contribution in [2.75, 3.05) is 25.6 Å².